The van der Waals surface area contributed by atoms with Crippen molar-refractivity contribution in [1.82, 2.24) is 10.4 Å². The third-order valence-corrected chi connectivity index (χ3v) is 3.45. The normalized spacial score (nSPS) is 12.4. The molecule has 0 bridgehead atoms. The molecule has 3 N–H and O–H groups in total. The Morgan fingerprint density at radius 2 is 2.17 bits per heavy atom. The van der Waals surface area contributed by atoms with E-state index in [2.05, 4.69) is 26.3 Å². The van der Waals surface area contributed by atoms with Crippen LogP contribution in [0.5, 0.6) is 0 Å². The summed E-state index contributed by atoms with van der Waals surface area (Å²) in [6.07, 6.45) is 1.68. The Hall–Kier alpha value is -1.30. The minimum absolute atomic E-state index is 0.289. The van der Waals surface area contributed by atoms with E-state index in [4.69, 9.17) is 5.84 Å². The fraction of sp³-hybridized carbons (Fsp3) is 0.154. The summed E-state index contributed by atoms with van der Waals surface area (Å²) in [7, 11) is 0. The number of halogens is 2. The molecule has 0 fully saturated rings. The van der Waals surface area contributed by atoms with Crippen molar-refractivity contribution in [2.75, 3.05) is 0 Å². The van der Waals surface area contributed by atoms with Crippen LogP contribution in [-0.2, 0) is 0 Å². The van der Waals surface area contributed by atoms with Gasteiger partial charge in [0.2, 0.25) is 0 Å². The lowest BCUT2D eigenvalue weighted by molar-refractivity contribution is 0.593. The van der Waals surface area contributed by atoms with E-state index in [0.29, 0.717) is 0 Å². The van der Waals surface area contributed by atoms with Crippen molar-refractivity contribution in [3.8, 4) is 0 Å². The van der Waals surface area contributed by atoms with Crippen molar-refractivity contribution in [2.45, 2.75) is 13.0 Å². The van der Waals surface area contributed by atoms with Crippen molar-refractivity contribution in [3.05, 3.63) is 63.6 Å². The zero-order valence-corrected chi connectivity index (χ0v) is 11.4. The highest BCUT2D eigenvalue weighted by Gasteiger charge is 2.18. The Morgan fingerprint density at radius 1 is 1.39 bits per heavy atom. The third-order valence-electron chi connectivity index (χ3n) is 2.78. The standard InChI is InChI=1S/C13H13BrFN3/c1-8-4-5-9(15)7-10(8)12(18-16)13-11(14)3-2-6-17-13/h2-7,12,18H,16H2,1H3. The first kappa shape index (κ1) is 13.1. The van der Waals surface area contributed by atoms with E-state index in [-0.39, 0.29) is 11.9 Å². The summed E-state index contributed by atoms with van der Waals surface area (Å²) in [5.41, 5.74) is 5.15. The number of rotatable bonds is 3. The molecule has 18 heavy (non-hydrogen) atoms. The largest absolute Gasteiger partial charge is 0.271 e. The number of hydrogen-bond donors (Lipinski definition) is 2. The predicted octanol–water partition coefficient (Wildman–Crippen LogP) is 2.84. The average Bonchev–Trinajstić information content (AvgIpc) is 2.36. The van der Waals surface area contributed by atoms with E-state index in [1.54, 1.807) is 12.3 Å². The summed E-state index contributed by atoms with van der Waals surface area (Å²) < 4.78 is 14.2. The maximum absolute atomic E-state index is 13.4. The average molecular weight is 310 g/mol. The highest BCUT2D eigenvalue weighted by Crippen LogP contribution is 2.28. The molecule has 3 nitrogen and oxygen atoms in total. The van der Waals surface area contributed by atoms with Crippen LogP contribution in [0, 0.1) is 12.7 Å². The van der Waals surface area contributed by atoms with Gasteiger partial charge in [0.15, 0.2) is 0 Å². The van der Waals surface area contributed by atoms with Gasteiger partial charge in [-0.15, -0.1) is 0 Å². The Kier molecular flexibility index (Phi) is 4.06. The number of hydrogen-bond acceptors (Lipinski definition) is 3. The molecule has 1 heterocycles. The molecule has 0 saturated carbocycles. The first-order valence-corrected chi connectivity index (χ1v) is 6.25. The van der Waals surface area contributed by atoms with Crippen LogP contribution < -0.4 is 11.3 Å². The van der Waals surface area contributed by atoms with E-state index in [0.717, 1.165) is 21.3 Å². The number of aromatic nitrogens is 1. The molecule has 94 valence electrons. The molecule has 0 aliphatic rings. The number of pyridine rings is 1. The zero-order chi connectivity index (χ0) is 13.1. The molecule has 2 aromatic rings. The van der Waals surface area contributed by atoms with Gasteiger partial charge in [-0.3, -0.25) is 10.8 Å². The number of nitrogens with one attached hydrogen (secondary N) is 1. The van der Waals surface area contributed by atoms with E-state index in [1.165, 1.54) is 12.1 Å². The van der Waals surface area contributed by atoms with Crippen LogP contribution in [0.15, 0.2) is 41.0 Å². The Balaban J connectivity index is 2.52. The first-order chi connectivity index (χ1) is 8.63. The molecule has 0 saturated heterocycles. The zero-order valence-electron chi connectivity index (χ0n) is 9.82. The molecule has 0 amide bonds. The lowest BCUT2D eigenvalue weighted by atomic mass is 9.98. The summed E-state index contributed by atoms with van der Waals surface area (Å²) >= 11 is 3.43. The van der Waals surface area contributed by atoms with Crippen molar-refractivity contribution >= 4 is 15.9 Å². The molecular formula is C13H13BrFN3. The number of aryl methyl sites for hydroxylation is 1. The quantitative estimate of drug-likeness (QED) is 0.677. The van der Waals surface area contributed by atoms with E-state index in [1.807, 2.05) is 19.1 Å². The molecule has 0 aliphatic carbocycles. The van der Waals surface area contributed by atoms with E-state index >= 15 is 0 Å². The summed E-state index contributed by atoms with van der Waals surface area (Å²) in [6, 6.07) is 7.98. The molecule has 0 aliphatic heterocycles. The topological polar surface area (TPSA) is 50.9 Å². The lowest BCUT2D eigenvalue weighted by Gasteiger charge is -2.19. The second-order valence-corrected chi connectivity index (χ2v) is 4.83. The summed E-state index contributed by atoms with van der Waals surface area (Å²) in [5, 5.41) is 0. The van der Waals surface area contributed by atoms with E-state index < -0.39 is 0 Å². The maximum Gasteiger partial charge on any atom is 0.123 e. The van der Waals surface area contributed by atoms with Gasteiger partial charge in [0, 0.05) is 10.7 Å². The Labute approximate surface area is 113 Å². The number of hydrazine groups is 1. The van der Waals surface area contributed by atoms with Crippen molar-refractivity contribution < 1.29 is 4.39 Å². The van der Waals surface area contributed by atoms with Gasteiger partial charge < -0.3 is 0 Å². The monoisotopic (exact) mass is 309 g/mol. The lowest BCUT2D eigenvalue weighted by Crippen LogP contribution is -2.30. The highest BCUT2D eigenvalue weighted by molar-refractivity contribution is 9.10. The third kappa shape index (κ3) is 2.58. The highest BCUT2D eigenvalue weighted by atomic mass is 79.9. The minimum atomic E-state index is -0.351. The Morgan fingerprint density at radius 3 is 2.83 bits per heavy atom. The van der Waals surface area contributed by atoms with Crippen molar-refractivity contribution in [1.29, 1.82) is 0 Å². The van der Waals surface area contributed by atoms with Crippen LogP contribution >= 0.6 is 15.9 Å². The fourth-order valence-corrected chi connectivity index (χ4v) is 2.33. The van der Waals surface area contributed by atoms with Gasteiger partial charge in [-0.05, 0) is 58.2 Å². The molecule has 1 atom stereocenters. The second kappa shape index (κ2) is 5.56. The van der Waals surface area contributed by atoms with Gasteiger partial charge in [-0.1, -0.05) is 6.07 Å². The molecular weight excluding hydrogens is 297 g/mol. The fourth-order valence-electron chi connectivity index (χ4n) is 1.85. The summed E-state index contributed by atoms with van der Waals surface area (Å²) in [6.45, 7) is 1.91. The number of nitrogens with zero attached hydrogens (tertiary/aromatic N) is 1. The van der Waals surface area contributed by atoms with Gasteiger partial charge in [0.05, 0.1) is 11.7 Å². The smallest absolute Gasteiger partial charge is 0.123 e. The molecule has 1 aromatic carbocycles. The van der Waals surface area contributed by atoms with Crippen LogP contribution in [-0.4, -0.2) is 4.98 Å². The second-order valence-electron chi connectivity index (χ2n) is 3.97. The first-order valence-electron chi connectivity index (χ1n) is 5.46. The SMILES string of the molecule is Cc1ccc(F)cc1C(NN)c1ncccc1Br. The summed E-state index contributed by atoms with van der Waals surface area (Å²) in [5.74, 6) is 5.30. The van der Waals surface area contributed by atoms with Gasteiger partial charge in [0.25, 0.3) is 0 Å². The molecule has 0 spiro atoms. The molecule has 1 aromatic heterocycles. The van der Waals surface area contributed by atoms with Crippen molar-refractivity contribution in [2.24, 2.45) is 5.84 Å². The number of benzene rings is 1. The number of nitrogens with two attached hydrogens (primary N) is 1. The van der Waals surface area contributed by atoms with E-state index in [9.17, 15) is 4.39 Å². The maximum atomic E-state index is 13.4. The van der Waals surface area contributed by atoms with Crippen LogP contribution in [0.25, 0.3) is 0 Å². The van der Waals surface area contributed by atoms with Crippen LogP contribution in [0.3, 0.4) is 0 Å². The molecule has 0 radical (unpaired) electrons. The Bertz CT molecular complexity index is 560. The minimum Gasteiger partial charge on any atom is -0.271 e. The molecule has 2 rings (SSSR count). The molecule has 1 unspecified atom stereocenters. The van der Waals surface area contributed by atoms with Crippen LogP contribution in [0.1, 0.15) is 22.9 Å². The predicted molar refractivity (Wildman–Crippen MR) is 72.2 cm³/mol. The van der Waals surface area contributed by atoms with Gasteiger partial charge in [-0.2, -0.15) is 0 Å². The molecule has 5 heteroatoms. The van der Waals surface area contributed by atoms with Crippen molar-refractivity contribution in [3.63, 3.8) is 0 Å². The summed E-state index contributed by atoms with van der Waals surface area (Å²) in [4.78, 5) is 4.28. The van der Waals surface area contributed by atoms with Crippen LogP contribution in [0.4, 0.5) is 4.39 Å². The van der Waals surface area contributed by atoms with Gasteiger partial charge in [-0.25, -0.2) is 9.82 Å². The van der Waals surface area contributed by atoms with Gasteiger partial charge >= 0.3 is 0 Å². The van der Waals surface area contributed by atoms with Crippen LogP contribution in [0.2, 0.25) is 0 Å². The van der Waals surface area contributed by atoms with Gasteiger partial charge in [0.1, 0.15) is 5.82 Å².